The highest BCUT2D eigenvalue weighted by Gasteiger charge is 2.23. The monoisotopic (exact) mass is 352 g/mol. The van der Waals surface area contributed by atoms with Crippen LogP contribution in [-0.4, -0.2) is 47.1 Å². The van der Waals surface area contributed by atoms with Gasteiger partial charge in [-0.05, 0) is 18.4 Å². The first-order chi connectivity index (χ1) is 12.8. The van der Waals surface area contributed by atoms with Crippen LogP contribution in [-0.2, 0) is 6.54 Å². The van der Waals surface area contributed by atoms with E-state index in [1.165, 1.54) is 31.2 Å². The van der Waals surface area contributed by atoms with Gasteiger partial charge in [0.05, 0.1) is 0 Å². The minimum Gasteiger partial charge on any atom is -0.393 e. The molecule has 0 atom stereocenters. The van der Waals surface area contributed by atoms with Crippen LogP contribution in [0, 0.1) is 0 Å². The minimum absolute atomic E-state index is 0.503. The maximum Gasteiger partial charge on any atom is 0.157 e. The number of piperazine rings is 1. The first kappa shape index (κ1) is 17.1. The molecule has 0 unspecified atom stereocenters. The predicted molar refractivity (Wildman–Crippen MR) is 106 cm³/mol. The maximum atomic E-state index is 6.41. The molecule has 2 aliphatic rings. The van der Waals surface area contributed by atoms with Gasteiger partial charge < -0.3 is 16.0 Å². The van der Waals surface area contributed by atoms with Crippen molar-refractivity contribution in [1.82, 2.24) is 14.9 Å². The van der Waals surface area contributed by atoms with Gasteiger partial charge in [-0.3, -0.25) is 4.90 Å². The molecule has 3 N–H and O–H groups in total. The lowest BCUT2D eigenvalue weighted by atomic mass is 10.2. The Labute approximate surface area is 155 Å². The van der Waals surface area contributed by atoms with Crippen molar-refractivity contribution in [1.29, 1.82) is 0 Å². The fourth-order valence-electron chi connectivity index (χ4n) is 3.98. The number of hydrogen-bond acceptors (Lipinski definition) is 6. The fraction of sp³-hybridized carbons (Fsp3) is 0.500. The van der Waals surface area contributed by atoms with E-state index < -0.39 is 0 Å². The van der Waals surface area contributed by atoms with Gasteiger partial charge >= 0.3 is 0 Å². The Bertz CT molecular complexity index is 705. The summed E-state index contributed by atoms with van der Waals surface area (Å²) in [6, 6.07) is 11.2. The van der Waals surface area contributed by atoms with Gasteiger partial charge in [0.2, 0.25) is 0 Å². The summed E-state index contributed by atoms with van der Waals surface area (Å²) in [4.78, 5) is 13.6. The van der Waals surface area contributed by atoms with Crippen LogP contribution in [0.15, 0.2) is 36.7 Å². The third-order valence-electron chi connectivity index (χ3n) is 5.48. The topological polar surface area (TPSA) is 70.3 Å². The lowest BCUT2D eigenvalue weighted by molar-refractivity contribution is 0.249. The molecule has 2 heterocycles. The van der Waals surface area contributed by atoms with E-state index in [9.17, 15) is 0 Å². The standard InChI is InChI=1S/C20H28N6/c21-18-19(24-17-8-4-5-9-17)22-15-23-20(18)26-12-10-25(11-13-26)14-16-6-2-1-3-7-16/h1-3,6-7,15,17H,4-5,8-14,21H2,(H,22,23,24). The zero-order valence-corrected chi connectivity index (χ0v) is 15.3. The van der Waals surface area contributed by atoms with E-state index in [0.717, 1.165) is 44.4 Å². The van der Waals surface area contributed by atoms with Crippen LogP contribution in [0.25, 0.3) is 0 Å². The zero-order valence-electron chi connectivity index (χ0n) is 15.3. The lowest BCUT2D eigenvalue weighted by Crippen LogP contribution is -2.46. The molecule has 1 saturated carbocycles. The molecule has 1 aliphatic heterocycles. The Hall–Kier alpha value is -2.34. The number of rotatable bonds is 5. The highest BCUT2D eigenvalue weighted by Crippen LogP contribution is 2.30. The van der Waals surface area contributed by atoms with E-state index in [1.807, 2.05) is 0 Å². The Balaban J connectivity index is 1.38. The molecule has 2 aromatic rings. The highest BCUT2D eigenvalue weighted by molar-refractivity contribution is 5.75. The predicted octanol–water partition coefficient (Wildman–Crippen LogP) is 2.74. The number of benzene rings is 1. The number of nitrogen functional groups attached to an aromatic ring is 1. The van der Waals surface area contributed by atoms with Crippen LogP contribution in [0.4, 0.5) is 17.3 Å². The smallest absolute Gasteiger partial charge is 0.157 e. The van der Waals surface area contributed by atoms with Gasteiger partial charge in [0.15, 0.2) is 11.6 Å². The van der Waals surface area contributed by atoms with E-state index in [-0.39, 0.29) is 0 Å². The van der Waals surface area contributed by atoms with E-state index in [4.69, 9.17) is 5.73 Å². The number of nitrogens with zero attached hydrogens (tertiary/aromatic N) is 4. The quantitative estimate of drug-likeness (QED) is 0.862. The van der Waals surface area contributed by atoms with Gasteiger partial charge in [-0.1, -0.05) is 43.2 Å². The van der Waals surface area contributed by atoms with Crippen molar-refractivity contribution in [2.24, 2.45) is 0 Å². The molecule has 1 aromatic carbocycles. The molecule has 0 spiro atoms. The van der Waals surface area contributed by atoms with Crippen molar-refractivity contribution >= 4 is 17.3 Å². The van der Waals surface area contributed by atoms with Crippen LogP contribution in [0.3, 0.4) is 0 Å². The second-order valence-electron chi connectivity index (χ2n) is 7.33. The van der Waals surface area contributed by atoms with E-state index >= 15 is 0 Å². The van der Waals surface area contributed by atoms with Crippen molar-refractivity contribution in [2.75, 3.05) is 42.1 Å². The van der Waals surface area contributed by atoms with Crippen LogP contribution in [0.1, 0.15) is 31.2 Å². The molecular weight excluding hydrogens is 324 g/mol. The van der Waals surface area contributed by atoms with Gasteiger partial charge in [0.25, 0.3) is 0 Å². The number of aromatic nitrogens is 2. The van der Waals surface area contributed by atoms with Gasteiger partial charge in [-0.15, -0.1) is 0 Å². The second-order valence-corrected chi connectivity index (χ2v) is 7.33. The fourth-order valence-corrected chi connectivity index (χ4v) is 3.98. The summed E-state index contributed by atoms with van der Waals surface area (Å²) in [7, 11) is 0. The first-order valence-corrected chi connectivity index (χ1v) is 9.68. The van der Waals surface area contributed by atoms with Gasteiger partial charge in [-0.25, -0.2) is 9.97 Å². The van der Waals surface area contributed by atoms with Crippen molar-refractivity contribution in [3.8, 4) is 0 Å². The molecule has 6 nitrogen and oxygen atoms in total. The molecule has 6 heteroatoms. The van der Waals surface area contributed by atoms with Crippen molar-refractivity contribution in [2.45, 2.75) is 38.3 Å². The molecule has 2 fully saturated rings. The van der Waals surface area contributed by atoms with Crippen LogP contribution >= 0.6 is 0 Å². The summed E-state index contributed by atoms with van der Waals surface area (Å²) >= 11 is 0. The largest absolute Gasteiger partial charge is 0.393 e. The molecule has 1 saturated heterocycles. The lowest BCUT2D eigenvalue weighted by Gasteiger charge is -2.36. The number of anilines is 3. The molecule has 1 aromatic heterocycles. The molecular formula is C20H28N6. The summed E-state index contributed by atoms with van der Waals surface area (Å²) in [5.74, 6) is 1.67. The van der Waals surface area contributed by atoms with Crippen molar-refractivity contribution < 1.29 is 0 Å². The molecule has 0 bridgehead atoms. The van der Waals surface area contributed by atoms with Gasteiger partial charge in [0.1, 0.15) is 12.0 Å². The summed E-state index contributed by atoms with van der Waals surface area (Å²) < 4.78 is 0. The maximum absolute atomic E-state index is 6.41. The highest BCUT2D eigenvalue weighted by atomic mass is 15.3. The molecule has 1 aliphatic carbocycles. The number of hydrogen-bond donors (Lipinski definition) is 2. The third kappa shape index (κ3) is 3.90. The average Bonchev–Trinajstić information content (AvgIpc) is 3.18. The Kier molecular flexibility index (Phi) is 5.20. The Morgan fingerprint density at radius 2 is 1.73 bits per heavy atom. The average molecular weight is 352 g/mol. The minimum atomic E-state index is 0.503. The van der Waals surface area contributed by atoms with Crippen molar-refractivity contribution in [3.63, 3.8) is 0 Å². The third-order valence-corrected chi connectivity index (χ3v) is 5.48. The number of nitrogens with two attached hydrogens (primary N) is 1. The Morgan fingerprint density at radius 1 is 1.00 bits per heavy atom. The summed E-state index contributed by atoms with van der Waals surface area (Å²) in [5.41, 5.74) is 8.46. The van der Waals surface area contributed by atoms with E-state index in [1.54, 1.807) is 6.33 Å². The van der Waals surface area contributed by atoms with Crippen LogP contribution in [0.2, 0.25) is 0 Å². The van der Waals surface area contributed by atoms with Crippen LogP contribution < -0.4 is 16.0 Å². The first-order valence-electron chi connectivity index (χ1n) is 9.68. The van der Waals surface area contributed by atoms with E-state index in [2.05, 4.69) is 55.4 Å². The summed E-state index contributed by atoms with van der Waals surface area (Å²) in [6.45, 7) is 4.92. The summed E-state index contributed by atoms with van der Waals surface area (Å²) in [5, 5.41) is 3.52. The van der Waals surface area contributed by atoms with Crippen LogP contribution in [0.5, 0.6) is 0 Å². The van der Waals surface area contributed by atoms with Crippen molar-refractivity contribution in [3.05, 3.63) is 42.2 Å². The second kappa shape index (κ2) is 7.91. The van der Waals surface area contributed by atoms with Gasteiger partial charge in [-0.2, -0.15) is 0 Å². The van der Waals surface area contributed by atoms with Gasteiger partial charge in [0, 0.05) is 38.8 Å². The Morgan fingerprint density at radius 3 is 2.46 bits per heavy atom. The summed E-state index contributed by atoms with van der Waals surface area (Å²) in [6.07, 6.45) is 6.63. The normalized spacial score (nSPS) is 19.0. The molecule has 4 rings (SSSR count). The SMILES string of the molecule is Nc1c(NC2CCCC2)ncnc1N1CCN(Cc2ccccc2)CC1. The molecule has 0 radical (unpaired) electrons. The molecule has 26 heavy (non-hydrogen) atoms. The zero-order chi connectivity index (χ0) is 17.8. The molecule has 0 amide bonds. The van der Waals surface area contributed by atoms with E-state index in [0.29, 0.717) is 11.7 Å². The molecule has 138 valence electrons. The number of nitrogens with one attached hydrogen (secondary N) is 1.